The van der Waals surface area contributed by atoms with Crippen LogP contribution < -0.4 is 4.90 Å². The fraction of sp³-hybridized carbons (Fsp3) is 0.556. The maximum Gasteiger partial charge on any atom is 0.228 e. The number of aryl methyl sites for hydroxylation is 2. The maximum atomic E-state index is 12.6. The molecule has 1 atom stereocenters. The Kier molecular flexibility index (Phi) is 4.97. The molecule has 1 aliphatic rings. The van der Waals surface area contributed by atoms with Crippen molar-refractivity contribution < 1.29 is 9.53 Å². The molecule has 23 heavy (non-hydrogen) atoms. The molecule has 1 aliphatic heterocycles. The number of carbonyl (C=O) groups excluding carboxylic acids is 1. The van der Waals surface area contributed by atoms with E-state index in [-0.39, 0.29) is 12.0 Å². The Morgan fingerprint density at radius 3 is 2.96 bits per heavy atom. The lowest BCUT2D eigenvalue weighted by atomic mass is 10.1. The van der Waals surface area contributed by atoms with Gasteiger partial charge in [-0.15, -0.1) is 0 Å². The topological polar surface area (TPSA) is 42.4 Å². The van der Waals surface area contributed by atoms with Crippen molar-refractivity contribution in [3.8, 4) is 0 Å². The molecule has 2 heterocycles. The maximum absolute atomic E-state index is 12.6. The van der Waals surface area contributed by atoms with E-state index in [1.807, 2.05) is 11.8 Å². The van der Waals surface area contributed by atoms with Crippen LogP contribution in [0.3, 0.4) is 0 Å². The number of amides is 1. The molecule has 3 rings (SSSR count). The molecule has 4 nitrogen and oxygen atoms in total. The fourth-order valence-corrected chi connectivity index (χ4v) is 4.01. The Balaban J connectivity index is 1.94. The van der Waals surface area contributed by atoms with Gasteiger partial charge in [0.15, 0.2) is 5.13 Å². The number of ether oxygens (including phenoxy) is 1. The van der Waals surface area contributed by atoms with E-state index >= 15 is 0 Å². The highest BCUT2D eigenvalue weighted by molar-refractivity contribution is 7.22. The summed E-state index contributed by atoms with van der Waals surface area (Å²) in [5.41, 5.74) is 3.46. The molecule has 1 saturated heterocycles. The molecule has 0 radical (unpaired) electrons. The highest BCUT2D eigenvalue weighted by Crippen LogP contribution is 2.33. The molecule has 1 amide bonds. The predicted octanol–water partition coefficient (Wildman–Crippen LogP) is 4.23. The Hall–Kier alpha value is -1.46. The summed E-state index contributed by atoms with van der Waals surface area (Å²) in [6.45, 7) is 7.66. The van der Waals surface area contributed by atoms with E-state index in [4.69, 9.17) is 9.72 Å². The number of aromatic nitrogens is 1. The van der Waals surface area contributed by atoms with Crippen LogP contribution in [0.2, 0.25) is 0 Å². The monoisotopic (exact) mass is 332 g/mol. The molecule has 1 aromatic heterocycles. The number of benzene rings is 1. The molecule has 0 aliphatic carbocycles. The van der Waals surface area contributed by atoms with Crippen molar-refractivity contribution in [2.24, 2.45) is 0 Å². The van der Waals surface area contributed by atoms with E-state index in [0.29, 0.717) is 13.0 Å². The van der Waals surface area contributed by atoms with Gasteiger partial charge in [-0.1, -0.05) is 24.3 Å². The lowest BCUT2D eigenvalue weighted by molar-refractivity contribution is -0.119. The molecule has 1 unspecified atom stereocenters. The van der Waals surface area contributed by atoms with Gasteiger partial charge in [0.25, 0.3) is 0 Å². The highest BCUT2D eigenvalue weighted by Gasteiger charge is 2.25. The van der Waals surface area contributed by atoms with Crippen LogP contribution in [-0.4, -0.2) is 30.1 Å². The largest absolute Gasteiger partial charge is 0.376 e. The summed E-state index contributed by atoms with van der Waals surface area (Å²) in [6.07, 6.45) is 3.66. The van der Waals surface area contributed by atoms with E-state index < -0.39 is 0 Å². The summed E-state index contributed by atoms with van der Waals surface area (Å²) in [4.78, 5) is 19.2. The van der Waals surface area contributed by atoms with Crippen LogP contribution in [0.25, 0.3) is 10.2 Å². The van der Waals surface area contributed by atoms with Gasteiger partial charge in [0.1, 0.15) is 0 Å². The average molecular weight is 332 g/mol. The lowest BCUT2D eigenvalue weighted by Gasteiger charge is -2.22. The van der Waals surface area contributed by atoms with Crippen molar-refractivity contribution in [3.63, 3.8) is 0 Å². The van der Waals surface area contributed by atoms with E-state index in [9.17, 15) is 4.79 Å². The van der Waals surface area contributed by atoms with Gasteiger partial charge in [-0.2, -0.15) is 0 Å². The summed E-state index contributed by atoms with van der Waals surface area (Å²) < 4.78 is 6.88. The zero-order valence-corrected chi connectivity index (χ0v) is 14.9. The zero-order valence-electron chi connectivity index (χ0n) is 14.1. The van der Waals surface area contributed by atoms with Gasteiger partial charge in [0.2, 0.25) is 5.91 Å². The Morgan fingerprint density at radius 2 is 2.26 bits per heavy atom. The minimum atomic E-state index is 0.144. The van der Waals surface area contributed by atoms with Crippen molar-refractivity contribution in [1.29, 1.82) is 0 Å². The summed E-state index contributed by atoms with van der Waals surface area (Å²) >= 11 is 1.60. The Bertz CT molecular complexity index is 704. The van der Waals surface area contributed by atoms with E-state index in [2.05, 4.69) is 26.0 Å². The van der Waals surface area contributed by atoms with Crippen molar-refractivity contribution in [2.75, 3.05) is 18.1 Å². The van der Waals surface area contributed by atoms with Crippen LogP contribution in [0.4, 0.5) is 5.13 Å². The second-order valence-corrected chi connectivity index (χ2v) is 7.25. The Labute approximate surface area is 141 Å². The van der Waals surface area contributed by atoms with Gasteiger partial charge in [0.05, 0.1) is 22.9 Å². The molecule has 0 spiro atoms. The minimum absolute atomic E-state index is 0.144. The fourth-order valence-electron chi connectivity index (χ4n) is 2.96. The first-order chi connectivity index (χ1) is 11.1. The van der Waals surface area contributed by atoms with Crippen LogP contribution >= 0.6 is 11.3 Å². The van der Waals surface area contributed by atoms with Crippen molar-refractivity contribution in [1.82, 2.24) is 4.98 Å². The first-order valence-corrected chi connectivity index (χ1v) is 9.20. The van der Waals surface area contributed by atoms with E-state index in [1.54, 1.807) is 11.3 Å². The van der Waals surface area contributed by atoms with Crippen LogP contribution in [0.15, 0.2) is 12.1 Å². The first-order valence-electron chi connectivity index (χ1n) is 8.39. The SMILES string of the molecule is CCCC(=O)N(CC1CCCO1)c1nc2c(C)c(C)ccc2s1. The molecule has 1 aromatic carbocycles. The molecule has 5 heteroatoms. The Morgan fingerprint density at radius 1 is 1.43 bits per heavy atom. The number of nitrogens with zero attached hydrogens (tertiary/aromatic N) is 2. The highest BCUT2D eigenvalue weighted by atomic mass is 32.1. The lowest BCUT2D eigenvalue weighted by Crippen LogP contribution is -2.37. The summed E-state index contributed by atoms with van der Waals surface area (Å²) in [5.74, 6) is 0.149. The van der Waals surface area contributed by atoms with E-state index in [0.717, 1.165) is 41.2 Å². The predicted molar refractivity (Wildman–Crippen MR) is 95.3 cm³/mol. The van der Waals surface area contributed by atoms with Gasteiger partial charge in [-0.3, -0.25) is 9.69 Å². The van der Waals surface area contributed by atoms with Crippen LogP contribution in [0, 0.1) is 13.8 Å². The summed E-state index contributed by atoms with van der Waals surface area (Å²) in [6, 6.07) is 4.23. The second-order valence-electron chi connectivity index (χ2n) is 6.24. The van der Waals surface area contributed by atoms with Gasteiger partial charge in [0, 0.05) is 13.0 Å². The van der Waals surface area contributed by atoms with E-state index in [1.165, 1.54) is 11.1 Å². The summed E-state index contributed by atoms with van der Waals surface area (Å²) in [7, 11) is 0. The third-order valence-corrected chi connectivity index (χ3v) is 5.52. The zero-order chi connectivity index (χ0) is 16.4. The van der Waals surface area contributed by atoms with Gasteiger partial charge >= 0.3 is 0 Å². The molecule has 2 aromatic rings. The van der Waals surface area contributed by atoms with Crippen molar-refractivity contribution >= 4 is 32.6 Å². The number of fused-ring (bicyclic) bond motifs is 1. The smallest absolute Gasteiger partial charge is 0.228 e. The number of hydrogen-bond acceptors (Lipinski definition) is 4. The van der Waals surface area contributed by atoms with Crippen LogP contribution in [0.1, 0.15) is 43.7 Å². The standard InChI is InChI=1S/C18H24N2O2S/c1-4-6-16(21)20(11-14-7-5-10-22-14)18-19-17-13(3)12(2)8-9-15(17)23-18/h8-9,14H,4-7,10-11H2,1-3H3. The average Bonchev–Trinajstić information content (AvgIpc) is 3.18. The quantitative estimate of drug-likeness (QED) is 0.823. The molecular formula is C18H24N2O2S. The molecule has 0 bridgehead atoms. The first kappa shape index (κ1) is 16.4. The van der Waals surface area contributed by atoms with Gasteiger partial charge in [-0.25, -0.2) is 4.98 Å². The number of hydrogen-bond donors (Lipinski definition) is 0. The third kappa shape index (κ3) is 3.40. The molecule has 124 valence electrons. The molecule has 1 fully saturated rings. The van der Waals surface area contributed by atoms with Crippen molar-refractivity contribution in [2.45, 2.75) is 52.6 Å². The normalized spacial score (nSPS) is 17.8. The molecular weight excluding hydrogens is 308 g/mol. The van der Waals surface area contributed by atoms with Crippen molar-refractivity contribution in [3.05, 3.63) is 23.3 Å². The third-order valence-electron chi connectivity index (χ3n) is 4.48. The van der Waals surface area contributed by atoms with Crippen LogP contribution in [0.5, 0.6) is 0 Å². The summed E-state index contributed by atoms with van der Waals surface area (Å²) in [5, 5.41) is 0.808. The number of thiazole rings is 1. The minimum Gasteiger partial charge on any atom is -0.376 e. The number of rotatable bonds is 5. The molecule has 0 saturated carbocycles. The molecule has 0 N–H and O–H groups in total. The number of anilines is 1. The number of carbonyl (C=O) groups is 1. The van der Waals surface area contributed by atoms with Crippen LogP contribution in [-0.2, 0) is 9.53 Å². The van der Waals surface area contributed by atoms with Gasteiger partial charge < -0.3 is 4.74 Å². The second kappa shape index (κ2) is 6.97. The van der Waals surface area contributed by atoms with Gasteiger partial charge in [-0.05, 0) is 50.3 Å².